The van der Waals surface area contributed by atoms with Gasteiger partial charge in [0.25, 0.3) is 0 Å². The van der Waals surface area contributed by atoms with Crippen LogP contribution in [0.4, 0.5) is 0 Å². The Morgan fingerprint density at radius 1 is 1.30 bits per heavy atom. The third-order valence-electron chi connectivity index (χ3n) is 3.58. The van der Waals surface area contributed by atoms with Gasteiger partial charge in [0.2, 0.25) is 0 Å². The molecule has 1 aliphatic heterocycles. The van der Waals surface area contributed by atoms with Gasteiger partial charge in [-0.3, -0.25) is 9.88 Å². The van der Waals surface area contributed by atoms with Gasteiger partial charge in [0, 0.05) is 31.9 Å². The van der Waals surface area contributed by atoms with Crippen LogP contribution in [0.3, 0.4) is 0 Å². The Morgan fingerprint density at radius 3 is 2.60 bits per heavy atom. The Morgan fingerprint density at radius 2 is 2.00 bits per heavy atom. The summed E-state index contributed by atoms with van der Waals surface area (Å²) in [6.07, 6.45) is 6.12. The summed E-state index contributed by atoms with van der Waals surface area (Å²) >= 11 is 5.88. The molecular formula is C15H23ClN2O2. The van der Waals surface area contributed by atoms with Gasteiger partial charge in [-0.05, 0) is 12.8 Å². The zero-order chi connectivity index (χ0) is 14.4. The van der Waals surface area contributed by atoms with Gasteiger partial charge in [-0.15, -0.1) is 0 Å². The highest BCUT2D eigenvalue weighted by Crippen LogP contribution is 2.17. The van der Waals surface area contributed by atoms with Crippen LogP contribution in [0.25, 0.3) is 0 Å². The SMILES string of the molecule is CCC1CN(CCOc2cncc(Cl)c2)CC(CC)O1. The van der Waals surface area contributed by atoms with E-state index in [1.165, 1.54) is 0 Å². The van der Waals surface area contributed by atoms with E-state index in [0.29, 0.717) is 23.8 Å². The van der Waals surface area contributed by atoms with Crippen molar-refractivity contribution in [1.82, 2.24) is 9.88 Å². The highest BCUT2D eigenvalue weighted by atomic mass is 35.5. The summed E-state index contributed by atoms with van der Waals surface area (Å²) in [5.41, 5.74) is 0. The quantitative estimate of drug-likeness (QED) is 0.808. The molecule has 2 heterocycles. The number of halogens is 1. The molecule has 2 atom stereocenters. The standard InChI is InChI=1S/C15H23ClN2O2/c1-3-13-10-18(11-14(4-2)20-13)5-6-19-15-7-12(16)8-17-9-15/h7-9,13-14H,3-6,10-11H2,1-2H3. The lowest BCUT2D eigenvalue weighted by Crippen LogP contribution is -2.48. The van der Waals surface area contributed by atoms with Crippen LogP contribution in [0, 0.1) is 0 Å². The first-order chi connectivity index (χ1) is 9.71. The molecule has 0 radical (unpaired) electrons. The molecule has 0 bridgehead atoms. The van der Waals surface area contributed by atoms with Gasteiger partial charge in [-0.2, -0.15) is 0 Å². The molecule has 1 fully saturated rings. The van der Waals surface area contributed by atoms with E-state index in [4.69, 9.17) is 21.1 Å². The Bertz CT molecular complexity index is 405. The Hall–Kier alpha value is -0.840. The predicted octanol–water partition coefficient (Wildman–Crippen LogP) is 3.00. The topological polar surface area (TPSA) is 34.6 Å². The predicted molar refractivity (Wildman–Crippen MR) is 80.4 cm³/mol. The first-order valence-electron chi connectivity index (χ1n) is 7.32. The second-order valence-corrected chi connectivity index (χ2v) is 5.58. The lowest BCUT2D eigenvalue weighted by molar-refractivity contribution is -0.0885. The molecule has 0 aliphatic carbocycles. The van der Waals surface area contributed by atoms with Crippen molar-refractivity contribution in [3.63, 3.8) is 0 Å². The van der Waals surface area contributed by atoms with Crippen LogP contribution in [-0.4, -0.2) is 48.3 Å². The minimum atomic E-state index is 0.349. The van der Waals surface area contributed by atoms with E-state index < -0.39 is 0 Å². The highest BCUT2D eigenvalue weighted by Gasteiger charge is 2.25. The van der Waals surface area contributed by atoms with E-state index in [1.54, 1.807) is 18.5 Å². The van der Waals surface area contributed by atoms with Crippen LogP contribution in [-0.2, 0) is 4.74 Å². The molecule has 1 saturated heterocycles. The molecule has 0 aromatic carbocycles. The van der Waals surface area contributed by atoms with Gasteiger partial charge < -0.3 is 9.47 Å². The number of aromatic nitrogens is 1. The van der Waals surface area contributed by atoms with Gasteiger partial charge in [0.05, 0.1) is 23.4 Å². The molecule has 0 N–H and O–H groups in total. The fourth-order valence-corrected chi connectivity index (χ4v) is 2.57. The number of morpholine rings is 1. The first-order valence-corrected chi connectivity index (χ1v) is 7.70. The van der Waals surface area contributed by atoms with Crippen LogP contribution < -0.4 is 4.74 Å². The van der Waals surface area contributed by atoms with Gasteiger partial charge in [-0.1, -0.05) is 25.4 Å². The summed E-state index contributed by atoms with van der Waals surface area (Å²) < 4.78 is 11.7. The Balaban J connectivity index is 1.78. The van der Waals surface area contributed by atoms with E-state index in [0.717, 1.165) is 38.2 Å². The Kier molecular flexibility index (Phi) is 6.07. The van der Waals surface area contributed by atoms with Gasteiger partial charge in [0.15, 0.2) is 0 Å². The van der Waals surface area contributed by atoms with Crippen molar-refractivity contribution in [2.75, 3.05) is 26.2 Å². The average molecular weight is 299 g/mol. The number of hydrogen-bond acceptors (Lipinski definition) is 4. The molecule has 0 amide bonds. The smallest absolute Gasteiger partial charge is 0.139 e. The molecular weight excluding hydrogens is 276 g/mol. The van der Waals surface area contributed by atoms with Gasteiger partial charge >= 0.3 is 0 Å². The summed E-state index contributed by atoms with van der Waals surface area (Å²) in [7, 11) is 0. The molecule has 20 heavy (non-hydrogen) atoms. The van der Waals surface area contributed by atoms with Crippen LogP contribution in [0.15, 0.2) is 18.5 Å². The third-order valence-corrected chi connectivity index (χ3v) is 3.78. The number of nitrogens with zero attached hydrogens (tertiary/aromatic N) is 2. The lowest BCUT2D eigenvalue weighted by atomic mass is 10.1. The largest absolute Gasteiger partial charge is 0.491 e. The number of rotatable bonds is 6. The van der Waals surface area contributed by atoms with Crippen molar-refractivity contribution in [1.29, 1.82) is 0 Å². The molecule has 1 aliphatic rings. The van der Waals surface area contributed by atoms with Crippen molar-refractivity contribution >= 4 is 11.6 Å². The highest BCUT2D eigenvalue weighted by molar-refractivity contribution is 6.30. The van der Waals surface area contributed by atoms with E-state index in [1.807, 2.05) is 0 Å². The molecule has 2 rings (SSSR count). The molecule has 2 unspecified atom stereocenters. The van der Waals surface area contributed by atoms with Crippen molar-refractivity contribution in [3.8, 4) is 5.75 Å². The Labute approximate surface area is 126 Å². The second-order valence-electron chi connectivity index (χ2n) is 5.14. The summed E-state index contributed by atoms with van der Waals surface area (Å²) in [4.78, 5) is 6.43. The van der Waals surface area contributed by atoms with Crippen LogP contribution in [0.2, 0.25) is 5.02 Å². The summed E-state index contributed by atoms with van der Waals surface area (Å²) in [6.45, 7) is 7.89. The van der Waals surface area contributed by atoms with Gasteiger partial charge in [-0.25, -0.2) is 0 Å². The molecule has 112 valence electrons. The monoisotopic (exact) mass is 298 g/mol. The van der Waals surface area contributed by atoms with Crippen LogP contribution >= 0.6 is 11.6 Å². The fraction of sp³-hybridized carbons (Fsp3) is 0.667. The van der Waals surface area contributed by atoms with E-state index in [9.17, 15) is 0 Å². The lowest BCUT2D eigenvalue weighted by Gasteiger charge is -2.37. The second kappa shape index (κ2) is 7.81. The van der Waals surface area contributed by atoms with Crippen LogP contribution in [0.5, 0.6) is 5.75 Å². The molecule has 0 spiro atoms. The van der Waals surface area contributed by atoms with Crippen molar-refractivity contribution < 1.29 is 9.47 Å². The van der Waals surface area contributed by atoms with Crippen LogP contribution in [0.1, 0.15) is 26.7 Å². The van der Waals surface area contributed by atoms with E-state index in [-0.39, 0.29) is 0 Å². The van der Waals surface area contributed by atoms with Gasteiger partial charge in [0.1, 0.15) is 12.4 Å². The summed E-state index contributed by atoms with van der Waals surface area (Å²) in [6, 6.07) is 1.79. The minimum absolute atomic E-state index is 0.349. The third kappa shape index (κ3) is 4.62. The molecule has 0 saturated carbocycles. The maximum absolute atomic E-state index is 5.99. The maximum Gasteiger partial charge on any atom is 0.139 e. The number of hydrogen-bond donors (Lipinski definition) is 0. The molecule has 4 nitrogen and oxygen atoms in total. The fourth-order valence-electron chi connectivity index (χ4n) is 2.41. The summed E-state index contributed by atoms with van der Waals surface area (Å²) in [5, 5.41) is 0.603. The van der Waals surface area contributed by atoms with Crippen molar-refractivity contribution in [2.24, 2.45) is 0 Å². The van der Waals surface area contributed by atoms with Crippen molar-refractivity contribution in [2.45, 2.75) is 38.9 Å². The zero-order valence-corrected chi connectivity index (χ0v) is 13.0. The number of pyridine rings is 1. The van der Waals surface area contributed by atoms with E-state index in [2.05, 4.69) is 23.7 Å². The molecule has 5 heteroatoms. The first kappa shape index (κ1) is 15.5. The zero-order valence-electron chi connectivity index (χ0n) is 12.2. The van der Waals surface area contributed by atoms with E-state index >= 15 is 0 Å². The normalized spacial score (nSPS) is 23.8. The number of ether oxygens (including phenoxy) is 2. The molecule has 1 aromatic rings. The van der Waals surface area contributed by atoms with Crippen molar-refractivity contribution in [3.05, 3.63) is 23.5 Å². The average Bonchev–Trinajstić information content (AvgIpc) is 2.47. The minimum Gasteiger partial charge on any atom is -0.491 e. The molecule has 1 aromatic heterocycles. The summed E-state index contributed by atoms with van der Waals surface area (Å²) in [5.74, 6) is 0.727. The maximum atomic E-state index is 5.99.